The minimum Gasteiger partial charge on any atom is -0.324 e. The van der Waals surface area contributed by atoms with E-state index in [1.165, 1.54) is 30.4 Å². The number of nitrogens with zero attached hydrogens (tertiary/aromatic N) is 3. The summed E-state index contributed by atoms with van der Waals surface area (Å²) in [6.07, 6.45) is 9.96. The number of aryl methyl sites for hydroxylation is 2. The second-order valence-corrected chi connectivity index (χ2v) is 4.55. The molecule has 1 aliphatic carbocycles. The fourth-order valence-corrected chi connectivity index (χ4v) is 2.51. The van der Waals surface area contributed by atoms with Gasteiger partial charge in [-0.1, -0.05) is 6.42 Å². The van der Waals surface area contributed by atoms with Gasteiger partial charge >= 0.3 is 0 Å². The van der Waals surface area contributed by atoms with Crippen molar-refractivity contribution in [1.82, 2.24) is 15.0 Å². The lowest BCUT2D eigenvalue weighted by atomic mass is 10.0. The molecule has 0 fully saturated rings. The van der Waals surface area contributed by atoms with Gasteiger partial charge in [0.1, 0.15) is 5.82 Å². The highest BCUT2D eigenvalue weighted by atomic mass is 14.9. The molecule has 2 aromatic rings. The molecule has 0 saturated heterocycles. The summed E-state index contributed by atoms with van der Waals surface area (Å²) in [7, 11) is 0. The fourth-order valence-electron chi connectivity index (χ4n) is 2.51. The number of fused-ring (bicyclic) bond motifs is 3. The maximum atomic E-state index is 5.55. The lowest BCUT2D eigenvalue weighted by molar-refractivity contribution is 0.712. The van der Waals surface area contributed by atoms with E-state index in [-0.39, 0.29) is 0 Å². The van der Waals surface area contributed by atoms with Crippen LogP contribution in [0.1, 0.15) is 36.2 Å². The van der Waals surface area contributed by atoms with Crippen molar-refractivity contribution in [3.05, 3.63) is 29.3 Å². The molecule has 4 heteroatoms. The van der Waals surface area contributed by atoms with Crippen LogP contribution in [0.15, 0.2) is 12.4 Å². The minimum absolute atomic E-state index is 0.370. The van der Waals surface area contributed by atoms with Gasteiger partial charge in [-0.3, -0.25) is 0 Å². The predicted octanol–water partition coefficient (Wildman–Crippen LogP) is 1.75. The molecule has 1 aliphatic rings. The highest BCUT2D eigenvalue weighted by Crippen LogP contribution is 2.25. The van der Waals surface area contributed by atoms with Crippen molar-refractivity contribution in [2.45, 2.75) is 38.6 Å². The third-order valence-electron chi connectivity index (χ3n) is 3.43. The summed E-state index contributed by atoms with van der Waals surface area (Å²) >= 11 is 0. The first kappa shape index (κ1) is 10.6. The van der Waals surface area contributed by atoms with E-state index in [0.717, 1.165) is 23.9 Å². The van der Waals surface area contributed by atoms with Crippen molar-refractivity contribution in [3.63, 3.8) is 0 Å². The van der Waals surface area contributed by atoms with Crippen molar-refractivity contribution in [1.29, 1.82) is 0 Å². The Kier molecular flexibility index (Phi) is 2.73. The lowest BCUT2D eigenvalue weighted by Crippen LogP contribution is -2.05. The Morgan fingerprint density at radius 3 is 2.82 bits per heavy atom. The second-order valence-electron chi connectivity index (χ2n) is 4.55. The minimum atomic E-state index is 0.370. The molecule has 0 unspecified atom stereocenters. The molecular weight excluding hydrogens is 212 g/mol. The zero-order chi connectivity index (χ0) is 11.7. The van der Waals surface area contributed by atoms with E-state index in [4.69, 9.17) is 5.73 Å². The number of pyridine rings is 1. The van der Waals surface area contributed by atoms with Crippen molar-refractivity contribution in [2.75, 3.05) is 0 Å². The van der Waals surface area contributed by atoms with Crippen LogP contribution in [-0.2, 0) is 19.4 Å². The Hall–Kier alpha value is -1.55. The molecule has 4 nitrogen and oxygen atoms in total. The first-order valence-corrected chi connectivity index (χ1v) is 6.21. The standard InChI is InChI=1S/C13H16N4/c14-6-12-15-8-11-10-5-3-1-2-4-9(10)7-16-13(11)17-12/h7-8H,1-6,14H2. The van der Waals surface area contributed by atoms with E-state index in [1.54, 1.807) is 0 Å². The van der Waals surface area contributed by atoms with Gasteiger partial charge < -0.3 is 5.73 Å². The molecule has 2 heterocycles. The van der Waals surface area contributed by atoms with Crippen molar-refractivity contribution >= 4 is 11.0 Å². The van der Waals surface area contributed by atoms with Gasteiger partial charge in [0, 0.05) is 17.8 Å². The summed E-state index contributed by atoms with van der Waals surface area (Å²) in [6.45, 7) is 0.370. The molecule has 0 aromatic carbocycles. The van der Waals surface area contributed by atoms with Crippen molar-refractivity contribution in [2.24, 2.45) is 5.73 Å². The van der Waals surface area contributed by atoms with Crippen LogP contribution in [0.2, 0.25) is 0 Å². The molecular formula is C13H16N4. The van der Waals surface area contributed by atoms with Crippen LogP contribution in [-0.4, -0.2) is 15.0 Å². The maximum Gasteiger partial charge on any atom is 0.163 e. The van der Waals surface area contributed by atoms with E-state index in [0.29, 0.717) is 12.4 Å². The summed E-state index contributed by atoms with van der Waals surface area (Å²) in [5, 5.41) is 1.11. The monoisotopic (exact) mass is 228 g/mol. The molecule has 2 aromatic heterocycles. The molecule has 88 valence electrons. The highest BCUT2D eigenvalue weighted by molar-refractivity contribution is 5.79. The third-order valence-corrected chi connectivity index (χ3v) is 3.43. The van der Waals surface area contributed by atoms with Gasteiger partial charge in [0.05, 0.1) is 6.54 Å². The third kappa shape index (κ3) is 1.89. The second kappa shape index (κ2) is 4.37. The van der Waals surface area contributed by atoms with Crippen LogP contribution in [0.25, 0.3) is 11.0 Å². The average molecular weight is 228 g/mol. The smallest absolute Gasteiger partial charge is 0.163 e. The molecule has 2 N–H and O–H groups in total. The molecule has 0 saturated carbocycles. The first-order valence-electron chi connectivity index (χ1n) is 6.21. The van der Waals surface area contributed by atoms with E-state index >= 15 is 0 Å². The number of hydrogen-bond acceptors (Lipinski definition) is 4. The first-order chi connectivity index (χ1) is 8.38. The normalized spacial score (nSPS) is 15.6. The molecule has 17 heavy (non-hydrogen) atoms. The molecule has 3 rings (SSSR count). The molecule has 0 radical (unpaired) electrons. The van der Waals surface area contributed by atoms with Crippen LogP contribution >= 0.6 is 0 Å². The van der Waals surface area contributed by atoms with Crippen LogP contribution in [0.4, 0.5) is 0 Å². The Bertz CT molecular complexity index is 550. The Morgan fingerprint density at radius 1 is 1.06 bits per heavy atom. The summed E-state index contributed by atoms with van der Waals surface area (Å²) < 4.78 is 0. The van der Waals surface area contributed by atoms with Crippen LogP contribution in [0, 0.1) is 0 Å². The van der Waals surface area contributed by atoms with Crippen LogP contribution < -0.4 is 5.73 Å². The number of aromatic nitrogens is 3. The van der Waals surface area contributed by atoms with Gasteiger partial charge in [-0.15, -0.1) is 0 Å². The predicted molar refractivity (Wildman–Crippen MR) is 66.5 cm³/mol. The zero-order valence-electron chi connectivity index (χ0n) is 9.82. The Balaban J connectivity index is 2.20. The molecule has 0 bridgehead atoms. The highest BCUT2D eigenvalue weighted by Gasteiger charge is 2.13. The average Bonchev–Trinajstić information content (AvgIpc) is 2.63. The van der Waals surface area contributed by atoms with E-state index < -0.39 is 0 Å². The summed E-state index contributed by atoms with van der Waals surface area (Å²) in [5.41, 5.74) is 9.12. The number of nitrogens with two attached hydrogens (primary N) is 1. The topological polar surface area (TPSA) is 64.7 Å². The fraction of sp³-hybridized carbons (Fsp3) is 0.462. The van der Waals surface area contributed by atoms with E-state index in [1.807, 2.05) is 12.4 Å². The quantitative estimate of drug-likeness (QED) is 0.755. The van der Waals surface area contributed by atoms with Crippen LogP contribution in [0.5, 0.6) is 0 Å². The molecule has 0 spiro atoms. The van der Waals surface area contributed by atoms with Gasteiger partial charge in [-0.2, -0.15) is 0 Å². The van der Waals surface area contributed by atoms with Gasteiger partial charge in [-0.05, 0) is 36.8 Å². The van der Waals surface area contributed by atoms with E-state index in [9.17, 15) is 0 Å². The summed E-state index contributed by atoms with van der Waals surface area (Å²) in [4.78, 5) is 13.1. The Morgan fingerprint density at radius 2 is 1.94 bits per heavy atom. The van der Waals surface area contributed by atoms with Gasteiger partial charge in [-0.25, -0.2) is 15.0 Å². The van der Waals surface area contributed by atoms with Gasteiger partial charge in [0.2, 0.25) is 0 Å². The Labute approximate surface area is 100 Å². The summed E-state index contributed by atoms with van der Waals surface area (Å²) in [5.74, 6) is 0.665. The number of rotatable bonds is 1. The van der Waals surface area contributed by atoms with Crippen molar-refractivity contribution in [3.8, 4) is 0 Å². The van der Waals surface area contributed by atoms with E-state index in [2.05, 4.69) is 15.0 Å². The number of hydrogen-bond donors (Lipinski definition) is 1. The van der Waals surface area contributed by atoms with Crippen molar-refractivity contribution < 1.29 is 0 Å². The molecule has 0 aliphatic heterocycles. The van der Waals surface area contributed by atoms with Crippen LogP contribution in [0.3, 0.4) is 0 Å². The lowest BCUT2D eigenvalue weighted by Gasteiger charge is -2.08. The maximum absolute atomic E-state index is 5.55. The van der Waals surface area contributed by atoms with Gasteiger partial charge in [0.15, 0.2) is 5.65 Å². The SMILES string of the molecule is NCc1ncc2c3c(cnc2n1)CCCCC3. The molecule has 0 amide bonds. The largest absolute Gasteiger partial charge is 0.324 e. The summed E-state index contributed by atoms with van der Waals surface area (Å²) in [6, 6.07) is 0. The van der Waals surface area contributed by atoms with Gasteiger partial charge in [0.25, 0.3) is 0 Å². The zero-order valence-corrected chi connectivity index (χ0v) is 9.82. The molecule has 0 atom stereocenters.